The van der Waals surface area contributed by atoms with E-state index in [0.717, 1.165) is 16.1 Å². The Labute approximate surface area is 133 Å². The van der Waals surface area contributed by atoms with E-state index in [1.165, 1.54) is 0 Å². The van der Waals surface area contributed by atoms with E-state index in [1.807, 2.05) is 60.1 Å². The third-order valence-electron chi connectivity index (χ3n) is 3.24. The Hall–Kier alpha value is -1.95. The molecule has 0 spiro atoms. The number of hydrogen-bond donors (Lipinski definition) is 1. The molecule has 2 heterocycles. The van der Waals surface area contributed by atoms with Gasteiger partial charge in [0, 0.05) is 16.6 Å². The highest BCUT2D eigenvalue weighted by Crippen LogP contribution is 2.16. The van der Waals surface area contributed by atoms with E-state index >= 15 is 0 Å². The van der Waals surface area contributed by atoms with E-state index in [9.17, 15) is 5.11 Å². The molecule has 1 N–H and O–H groups in total. The Morgan fingerprint density at radius 3 is 2.77 bits per heavy atom. The lowest BCUT2D eigenvalue weighted by Gasteiger charge is -2.11. The highest BCUT2D eigenvalue weighted by molar-refractivity contribution is 7.09. The van der Waals surface area contributed by atoms with E-state index in [-0.39, 0.29) is 0 Å². The van der Waals surface area contributed by atoms with Crippen LogP contribution in [0, 0.1) is 0 Å². The molecule has 1 atom stereocenters. The van der Waals surface area contributed by atoms with Gasteiger partial charge in [-0.3, -0.25) is 4.68 Å². The van der Waals surface area contributed by atoms with E-state index in [4.69, 9.17) is 4.74 Å². The zero-order valence-corrected chi connectivity index (χ0v) is 12.9. The smallest absolute Gasteiger partial charge is 0.0969 e. The summed E-state index contributed by atoms with van der Waals surface area (Å²) >= 11 is 1.66. The van der Waals surface area contributed by atoms with Crippen molar-refractivity contribution in [3.8, 4) is 11.3 Å². The van der Waals surface area contributed by atoms with Gasteiger partial charge in [0.1, 0.15) is 0 Å². The van der Waals surface area contributed by atoms with Crippen molar-refractivity contribution in [3.63, 3.8) is 0 Å². The fourth-order valence-electron chi connectivity index (χ4n) is 2.19. The highest BCUT2D eigenvalue weighted by Gasteiger charge is 2.08. The summed E-state index contributed by atoms with van der Waals surface area (Å²) in [7, 11) is 0. The molecule has 0 fully saturated rings. The maximum atomic E-state index is 10.0. The first-order valence-corrected chi connectivity index (χ1v) is 8.06. The first-order chi connectivity index (χ1) is 10.8. The summed E-state index contributed by atoms with van der Waals surface area (Å²) in [4.78, 5) is 1.16. The molecule has 0 bridgehead atoms. The quantitative estimate of drug-likeness (QED) is 0.728. The maximum absolute atomic E-state index is 10.0. The average molecular weight is 314 g/mol. The van der Waals surface area contributed by atoms with Crippen molar-refractivity contribution in [3.05, 3.63) is 65.0 Å². The van der Waals surface area contributed by atoms with Gasteiger partial charge in [0.25, 0.3) is 0 Å². The fraction of sp³-hybridized carbons (Fsp3) is 0.235. The Morgan fingerprint density at radius 2 is 2.00 bits per heavy atom. The molecule has 0 saturated heterocycles. The highest BCUT2D eigenvalue weighted by atomic mass is 32.1. The Balaban J connectivity index is 1.49. The predicted octanol–water partition coefficient (Wildman–Crippen LogP) is 3.19. The summed E-state index contributed by atoms with van der Waals surface area (Å²) in [6.07, 6.45) is 1.31. The summed E-state index contributed by atoms with van der Waals surface area (Å²) in [5, 5.41) is 16.5. The van der Waals surface area contributed by atoms with Gasteiger partial charge in [-0.05, 0) is 17.5 Å². The van der Waals surface area contributed by atoms with Gasteiger partial charge in [0.2, 0.25) is 0 Å². The Bertz CT molecular complexity index is 680. The molecule has 0 radical (unpaired) electrons. The van der Waals surface area contributed by atoms with Gasteiger partial charge in [-0.25, -0.2) is 0 Å². The molecule has 0 aliphatic heterocycles. The van der Waals surface area contributed by atoms with Crippen LogP contribution in [-0.2, 0) is 17.9 Å². The number of benzene rings is 1. The van der Waals surface area contributed by atoms with E-state index in [1.54, 1.807) is 16.0 Å². The number of aliphatic hydroxyl groups excluding tert-OH is 1. The maximum Gasteiger partial charge on any atom is 0.0969 e. The molecule has 0 aliphatic carbocycles. The molecule has 3 rings (SSSR count). The van der Waals surface area contributed by atoms with Crippen LogP contribution in [0.5, 0.6) is 0 Å². The summed E-state index contributed by atoms with van der Waals surface area (Å²) in [6, 6.07) is 16.0. The minimum atomic E-state index is -0.566. The molecular formula is C17H18N2O2S. The molecule has 22 heavy (non-hydrogen) atoms. The zero-order chi connectivity index (χ0) is 15.2. The second-order valence-electron chi connectivity index (χ2n) is 5.04. The van der Waals surface area contributed by atoms with Crippen LogP contribution in [0.1, 0.15) is 4.88 Å². The summed E-state index contributed by atoms with van der Waals surface area (Å²) in [5.41, 5.74) is 1.98. The molecule has 114 valence electrons. The van der Waals surface area contributed by atoms with E-state index < -0.39 is 6.10 Å². The molecule has 2 aromatic heterocycles. The van der Waals surface area contributed by atoms with Crippen LogP contribution in [0.3, 0.4) is 0 Å². The van der Waals surface area contributed by atoms with Gasteiger partial charge in [0.15, 0.2) is 0 Å². The minimum absolute atomic E-state index is 0.304. The van der Waals surface area contributed by atoms with Crippen molar-refractivity contribution in [1.82, 2.24) is 9.78 Å². The molecule has 4 nitrogen and oxygen atoms in total. The normalized spacial score (nSPS) is 12.4. The minimum Gasteiger partial charge on any atom is -0.389 e. The van der Waals surface area contributed by atoms with Gasteiger partial charge in [-0.2, -0.15) is 5.10 Å². The van der Waals surface area contributed by atoms with Crippen LogP contribution < -0.4 is 0 Å². The van der Waals surface area contributed by atoms with Crippen LogP contribution in [0.2, 0.25) is 0 Å². The Morgan fingerprint density at radius 1 is 1.14 bits per heavy atom. The number of ether oxygens (including phenoxy) is 1. The lowest BCUT2D eigenvalue weighted by Crippen LogP contribution is -2.22. The molecule has 5 heteroatoms. The molecule has 1 aromatic carbocycles. The number of thiophene rings is 1. The average Bonchev–Trinajstić information content (AvgIpc) is 3.20. The van der Waals surface area contributed by atoms with Crippen molar-refractivity contribution < 1.29 is 9.84 Å². The molecule has 0 amide bonds. The molecule has 0 aliphatic rings. The number of aliphatic hydroxyl groups is 1. The number of aromatic nitrogens is 2. The number of hydrogen-bond acceptors (Lipinski definition) is 4. The number of rotatable bonds is 7. The fourth-order valence-corrected chi connectivity index (χ4v) is 2.83. The van der Waals surface area contributed by atoms with Crippen LogP contribution >= 0.6 is 11.3 Å². The van der Waals surface area contributed by atoms with Gasteiger partial charge >= 0.3 is 0 Å². The van der Waals surface area contributed by atoms with Crippen LogP contribution in [0.25, 0.3) is 11.3 Å². The predicted molar refractivity (Wildman–Crippen MR) is 87.6 cm³/mol. The summed E-state index contributed by atoms with van der Waals surface area (Å²) in [6.45, 7) is 1.28. The zero-order valence-electron chi connectivity index (χ0n) is 12.1. The van der Waals surface area contributed by atoms with Gasteiger partial charge in [-0.1, -0.05) is 36.4 Å². The van der Waals surface area contributed by atoms with Crippen molar-refractivity contribution in [2.24, 2.45) is 0 Å². The standard InChI is InChI=1S/C17H18N2O2S/c20-15(12-21-13-16-7-4-10-22-16)11-19-9-8-17(18-19)14-5-2-1-3-6-14/h1-10,15,20H,11-13H2. The van der Waals surface area contributed by atoms with Crippen molar-refractivity contribution in [1.29, 1.82) is 0 Å². The van der Waals surface area contributed by atoms with Gasteiger partial charge in [0.05, 0.1) is 31.6 Å². The number of nitrogens with zero attached hydrogens (tertiary/aromatic N) is 2. The second-order valence-corrected chi connectivity index (χ2v) is 6.07. The first-order valence-electron chi connectivity index (χ1n) is 7.18. The van der Waals surface area contributed by atoms with Crippen LogP contribution in [0.4, 0.5) is 0 Å². The summed E-state index contributed by atoms with van der Waals surface area (Å²) in [5.74, 6) is 0. The lowest BCUT2D eigenvalue weighted by molar-refractivity contribution is 0.0196. The van der Waals surface area contributed by atoms with E-state index in [2.05, 4.69) is 5.10 Å². The van der Waals surface area contributed by atoms with Crippen molar-refractivity contribution in [2.45, 2.75) is 19.3 Å². The summed E-state index contributed by atoms with van der Waals surface area (Å²) < 4.78 is 7.27. The largest absolute Gasteiger partial charge is 0.389 e. The molecule has 0 saturated carbocycles. The third kappa shape index (κ3) is 4.04. The van der Waals surface area contributed by atoms with Crippen molar-refractivity contribution >= 4 is 11.3 Å². The second kappa shape index (κ2) is 7.35. The topological polar surface area (TPSA) is 47.3 Å². The van der Waals surface area contributed by atoms with Crippen molar-refractivity contribution in [2.75, 3.05) is 6.61 Å². The van der Waals surface area contributed by atoms with E-state index in [0.29, 0.717) is 19.8 Å². The van der Waals surface area contributed by atoms with Crippen LogP contribution in [0.15, 0.2) is 60.1 Å². The molecule has 3 aromatic rings. The first kappa shape index (κ1) is 15.0. The molecular weight excluding hydrogens is 296 g/mol. The lowest BCUT2D eigenvalue weighted by atomic mass is 10.2. The SMILES string of the molecule is OC(COCc1cccs1)Cn1ccc(-c2ccccc2)n1. The Kier molecular flexibility index (Phi) is 5.00. The monoisotopic (exact) mass is 314 g/mol. The molecule has 1 unspecified atom stereocenters. The van der Waals surface area contributed by atoms with Gasteiger partial charge < -0.3 is 9.84 Å². The van der Waals surface area contributed by atoms with Gasteiger partial charge in [-0.15, -0.1) is 11.3 Å². The van der Waals surface area contributed by atoms with Crippen LogP contribution in [-0.4, -0.2) is 27.6 Å². The third-order valence-corrected chi connectivity index (χ3v) is 4.09.